The lowest BCUT2D eigenvalue weighted by Gasteiger charge is -2.67. The number of sulfone groups is 1. The van der Waals surface area contributed by atoms with Crippen LogP contribution in [0.25, 0.3) is 0 Å². The second-order valence-electron chi connectivity index (χ2n) is 12.2. The van der Waals surface area contributed by atoms with Gasteiger partial charge in [0.25, 0.3) is 0 Å². The Kier molecular flexibility index (Phi) is 4.41. The summed E-state index contributed by atoms with van der Waals surface area (Å²) in [4.78, 5) is 3.52. The summed E-state index contributed by atoms with van der Waals surface area (Å²) in [6.07, 6.45) is 10.3. The van der Waals surface area contributed by atoms with Crippen LogP contribution >= 0.6 is 0 Å². The molecule has 3 saturated heterocycles. The normalized spacial score (nSPS) is 47.7. The highest BCUT2D eigenvalue weighted by atomic mass is 32.2. The SMILES string of the molecule is CC(C)[C@H]1CC[C@@]2(C)[C@H]3CC[C@]45CCC[C@H]4[C@@]2(CCS(=O)(=O)c2ccccc2)[C@H]1N5C3. The van der Waals surface area contributed by atoms with Gasteiger partial charge in [0.15, 0.2) is 9.84 Å². The molecule has 4 heteroatoms. The first kappa shape index (κ1) is 20.7. The second-order valence-corrected chi connectivity index (χ2v) is 14.3. The number of hydrogen-bond donors (Lipinski definition) is 0. The first-order chi connectivity index (χ1) is 14.8. The number of fused-ring (bicyclic) bond motifs is 2. The van der Waals surface area contributed by atoms with E-state index in [9.17, 15) is 8.42 Å². The van der Waals surface area contributed by atoms with Crippen LogP contribution in [-0.4, -0.2) is 37.2 Å². The largest absolute Gasteiger partial charge is 0.293 e. The highest BCUT2D eigenvalue weighted by Gasteiger charge is 2.79. The lowest BCUT2D eigenvalue weighted by atomic mass is 9.42. The van der Waals surface area contributed by atoms with Gasteiger partial charge in [-0.25, -0.2) is 8.42 Å². The Morgan fingerprint density at radius 2 is 1.84 bits per heavy atom. The molecule has 6 rings (SSSR count). The monoisotopic (exact) mass is 441 g/mol. The van der Waals surface area contributed by atoms with Crippen molar-refractivity contribution < 1.29 is 8.42 Å². The van der Waals surface area contributed by atoms with Gasteiger partial charge in [-0.05, 0) is 91.6 Å². The Morgan fingerprint density at radius 1 is 1.06 bits per heavy atom. The smallest absolute Gasteiger partial charge is 0.178 e. The van der Waals surface area contributed by atoms with Crippen LogP contribution in [0.1, 0.15) is 72.1 Å². The van der Waals surface area contributed by atoms with Crippen molar-refractivity contribution in [2.45, 2.75) is 88.6 Å². The fourth-order valence-electron chi connectivity index (χ4n) is 10.1. The summed E-state index contributed by atoms with van der Waals surface area (Å²) < 4.78 is 26.9. The summed E-state index contributed by atoms with van der Waals surface area (Å²) in [6.45, 7) is 8.73. The zero-order valence-corrected chi connectivity index (χ0v) is 20.3. The van der Waals surface area contributed by atoms with Crippen molar-refractivity contribution >= 4 is 9.84 Å². The van der Waals surface area contributed by atoms with Crippen LogP contribution in [0.15, 0.2) is 35.2 Å². The summed E-state index contributed by atoms with van der Waals surface area (Å²) >= 11 is 0. The van der Waals surface area contributed by atoms with E-state index >= 15 is 0 Å². The molecule has 1 spiro atoms. The molecular weight excluding hydrogens is 402 g/mol. The third-order valence-electron chi connectivity index (χ3n) is 11.3. The van der Waals surface area contributed by atoms with E-state index in [4.69, 9.17) is 0 Å². The van der Waals surface area contributed by atoms with Gasteiger partial charge in [0, 0.05) is 18.1 Å². The minimum absolute atomic E-state index is 0.179. The van der Waals surface area contributed by atoms with Crippen LogP contribution in [0.2, 0.25) is 0 Å². The maximum Gasteiger partial charge on any atom is 0.178 e. The summed E-state index contributed by atoms with van der Waals surface area (Å²) in [5, 5.41) is 0. The first-order valence-corrected chi connectivity index (χ1v) is 14.5. The third-order valence-corrected chi connectivity index (χ3v) is 13.0. The number of piperidine rings is 2. The number of hydrogen-bond acceptors (Lipinski definition) is 3. The van der Waals surface area contributed by atoms with Crippen LogP contribution < -0.4 is 0 Å². The molecule has 5 aliphatic rings. The van der Waals surface area contributed by atoms with E-state index in [2.05, 4.69) is 25.7 Å². The van der Waals surface area contributed by atoms with Crippen LogP contribution in [0, 0.1) is 34.5 Å². The molecule has 3 heterocycles. The molecule has 3 nitrogen and oxygen atoms in total. The second kappa shape index (κ2) is 6.59. The van der Waals surface area contributed by atoms with Crippen molar-refractivity contribution in [3.63, 3.8) is 0 Å². The van der Waals surface area contributed by atoms with Crippen molar-refractivity contribution in [3.05, 3.63) is 30.3 Å². The van der Waals surface area contributed by atoms with Crippen LogP contribution in [0.3, 0.4) is 0 Å². The molecular formula is C27H39NO2S. The molecule has 170 valence electrons. The first-order valence-electron chi connectivity index (χ1n) is 12.8. The highest BCUT2D eigenvalue weighted by molar-refractivity contribution is 7.91. The van der Waals surface area contributed by atoms with Gasteiger partial charge in [-0.3, -0.25) is 4.90 Å². The topological polar surface area (TPSA) is 37.4 Å². The van der Waals surface area contributed by atoms with E-state index in [1.165, 1.54) is 51.5 Å². The van der Waals surface area contributed by atoms with E-state index in [-0.39, 0.29) is 5.41 Å². The fourth-order valence-corrected chi connectivity index (χ4v) is 11.5. The molecule has 8 atom stereocenters. The Balaban J connectivity index is 1.47. The molecule has 0 radical (unpaired) electrons. The Labute approximate surface area is 188 Å². The van der Waals surface area contributed by atoms with Crippen molar-refractivity contribution in [1.82, 2.24) is 4.90 Å². The molecule has 2 aliphatic carbocycles. The molecule has 0 amide bonds. The van der Waals surface area contributed by atoms with Gasteiger partial charge < -0.3 is 0 Å². The van der Waals surface area contributed by atoms with Crippen LogP contribution in [-0.2, 0) is 9.84 Å². The summed E-state index contributed by atoms with van der Waals surface area (Å²) in [5.74, 6) is 3.17. The molecule has 31 heavy (non-hydrogen) atoms. The van der Waals surface area contributed by atoms with E-state index in [0.717, 1.165) is 12.3 Å². The summed E-state index contributed by atoms with van der Waals surface area (Å²) in [5.41, 5.74) is 0.865. The molecule has 1 unspecified atom stereocenters. The van der Waals surface area contributed by atoms with Gasteiger partial charge in [0.05, 0.1) is 10.6 Å². The van der Waals surface area contributed by atoms with Gasteiger partial charge in [-0.1, -0.05) is 45.4 Å². The third kappa shape index (κ3) is 2.42. The summed E-state index contributed by atoms with van der Waals surface area (Å²) in [7, 11) is -3.25. The molecule has 2 saturated carbocycles. The zero-order chi connectivity index (χ0) is 21.6. The molecule has 0 N–H and O–H groups in total. The van der Waals surface area contributed by atoms with Crippen LogP contribution in [0.4, 0.5) is 0 Å². The highest BCUT2D eigenvalue weighted by Crippen LogP contribution is 2.79. The van der Waals surface area contributed by atoms with E-state index < -0.39 is 9.84 Å². The van der Waals surface area contributed by atoms with Gasteiger partial charge in [-0.2, -0.15) is 0 Å². The van der Waals surface area contributed by atoms with Gasteiger partial charge in [0.2, 0.25) is 0 Å². The van der Waals surface area contributed by atoms with Crippen molar-refractivity contribution in [1.29, 1.82) is 0 Å². The molecule has 5 bridgehead atoms. The van der Waals surface area contributed by atoms with E-state index in [1.54, 1.807) is 12.1 Å². The number of benzene rings is 1. The van der Waals surface area contributed by atoms with Gasteiger partial charge in [-0.15, -0.1) is 0 Å². The minimum atomic E-state index is -3.25. The quantitative estimate of drug-likeness (QED) is 0.601. The van der Waals surface area contributed by atoms with Gasteiger partial charge >= 0.3 is 0 Å². The number of rotatable bonds is 5. The number of nitrogens with zero attached hydrogens (tertiary/aromatic N) is 1. The van der Waals surface area contributed by atoms with Gasteiger partial charge in [0.1, 0.15) is 0 Å². The van der Waals surface area contributed by atoms with Crippen molar-refractivity contribution in [3.8, 4) is 0 Å². The molecule has 3 aliphatic heterocycles. The molecule has 0 aromatic heterocycles. The Hall–Kier alpha value is -0.870. The molecule has 1 aromatic carbocycles. The predicted octanol–water partition coefficient (Wildman–Crippen LogP) is 5.56. The average molecular weight is 442 g/mol. The standard InChI is InChI=1S/C27H39NO2S/c1-19(2)22-12-14-25(3)20-11-15-26-13-7-10-23(26)27(25,24(22)28(26)18-20)16-17-31(29,30)21-8-5-4-6-9-21/h4-6,8-9,19-20,22-24H,7,10-18H2,1-3H3/t20-,22+,23+,24-,25-,26+,27-/m0/s1. The Bertz CT molecular complexity index is 974. The predicted molar refractivity (Wildman–Crippen MR) is 125 cm³/mol. The lowest BCUT2D eigenvalue weighted by Crippen LogP contribution is -2.68. The van der Waals surface area contributed by atoms with Crippen molar-refractivity contribution in [2.24, 2.45) is 34.5 Å². The van der Waals surface area contributed by atoms with E-state index in [1.807, 2.05) is 18.2 Å². The maximum atomic E-state index is 13.4. The van der Waals surface area contributed by atoms with E-state index in [0.29, 0.717) is 45.4 Å². The Morgan fingerprint density at radius 3 is 2.58 bits per heavy atom. The fraction of sp³-hybridized carbons (Fsp3) is 0.778. The summed E-state index contributed by atoms with van der Waals surface area (Å²) in [6, 6.07) is 9.80. The molecule has 1 aromatic rings. The minimum Gasteiger partial charge on any atom is -0.293 e. The van der Waals surface area contributed by atoms with Crippen LogP contribution in [0.5, 0.6) is 0 Å². The lowest BCUT2D eigenvalue weighted by molar-refractivity contribution is -0.179. The zero-order valence-electron chi connectivity index (χ0n) is 19.5. The average Bonchev–Trinajstić information content (AvgIpc) is 3.23. The molecule has 5 fully saturated rings. The van der Waals surface area contributed by atoms with Crippen molar-refractivity contribution in [2.75, 3.05) is 12.3 Å². The maximum absolute atomic E-state index is 13.4.